The maximum Gasteiger partial charge on any atom is 0.329 e. The van der Waals surface area contributed by atoms with Crippen molar-refractivity contribution in [3.05, 3.63) is 82.4 Å². The molecule has 7 heterocycles. The SMILES string of the molecule is C=C1CCC(n2c(=O)n(C)c3c(C#CCOC4CCN(CC5CCC(n6cc(NC(=O)c7cnn8ccc(N9CCCOCC9)nc78)c(C(F)F)n6)CC5)CC4)cccc32)C(=O)N1. The second kappa shape index (κ2) is 18.4. The van der Waals surface area contributed by atoms with Crippen LogP contribution in [0.4, 0.5) is 20.3 Å². The molecule has 332 valence electrons. The van der Waals surface area contributed by atoms with E-state index in [2.05, 4.69) is 49.1 Å². The number of halogens is 2. The summed E-state index contributed by atoms with van der Waals surface area (Å²) in [6, 6.07) is 6.79. The predicted octanol–water partition coefficient (Wildman–Crippen LogP) is 5.22. The first kappa shape index (κ1) is 42.4. The number of carbonyl (C=O) groups excluding carboxylic acids is 2. The van der Waals surface area contributed by atoms with Crippen LogP contribution in [0, 0.1) is 17.8 Å². The number of nitrogens with zero attached hydrogens (tertiary/aromatic N) is 9. The normalized spacial score (nSPS) is 21.7. The number of imidazole rings is 1. The summed E-state index contributed by atoms with van der Waals surface area (Å²) in [7, 11) is 1.71. The van der Waals surface area contributed by atoms with Gasteiger partial charge in [0.2, 0.25) is 5.91 Å². The van der Waals surface area contributed by atoms with Gasteiger partial charge in [-0.3, -0.25) is 23.4 Å². The Kier molecular flexibility index (Phi) is 12.4. The van der Waals surface area contributed by atoms with Crippen LogP contribution in [0.2, 0.25) is 0 Å². The molecule has 1 aromatic carbocycles. The van der Waals surface area contributed by atoms with Crippen molar-refractivity contribution in [3.63, 3.8) is 0 Å². The fourth-order valence-electron chi connectivity index (χ4n) is 9.57. The quantitative estimate of drug-likeness (QED) is 0.178. The molecule has 0 spiro atoms. The van der Waals surface area contributed by atoms with Gasteiger partial charge in [-0.15, -0.1) is 0 Å². The van der Waals surface area contributed by atoms with Gasteiger partial charge in [-0.25, -0.2) is 23.1 Å². The Labute approximate surface area is 363 Å². The Hall–Kier alpha value is -5.90. The summed E-state index contributed by atoms with van der Waals surface area (Å²) in [6.45, 7) is 9.66. The van der Waals surface area contributed by atoms with Gasteiger partial charge in [0.1, 0.15) is 24.0 Å². The van der Waals surface area contributed by atoms with E-state index in [0.29, 0.717) is 72.3 Å². The average Bonchev–Trinajstić information content (AvgIpc) is 3.89. The maximum absolute atomic E-state index is 14.3. The van der Waals surface area contributed by atoms with Crippen LogP contribution in [0.5, 0.6) is 0 Å². The van der Waals surface area contributed by atoms with Crippen molar-refractivity contribution in [1.29, 1.82) is 0 Å². The van der Waals surface area contributed by atoms with E-state index in [0.717, 1.165) is 71.1 Å². The number of carbonyl (C=O) groups is 2. The second-order valence-corrected chi connectivity index (χ2v) is 17.0. The molecule has 1 saturated carbocycles. The van der Waals surface area contributed by atoms with E-state index >= 15 is 0 Å². The highest BCUT2D eigenvalue weighted by atomic mass is 19.3. The average molecular weight is 866 g/mol. The first-order valence-corrected chi connectivity index (χ1v) is 22.0. The van der Waals surface area contributed by atoms with Crippen molar-refractivity contribution in [1.82, 2.24) is 43.7 Å². The minimum atomic E-state index is -2.86. The summed E-state index contributed by atoms with van der Waals surface area (Å²) in [5.41, 5.74) is 2.56. The van der Waals surface area contributed by atoms with Crippen molar-refractivity contribution in [2.24, 2.45) is 13.0 Å². The van der Waals surface area contributed by atoms with Crippen molar-refractivity contribution in [2.45, 2.75) is 82.4 Å². The lowest BCUT2D eigenvalue weighted by Crippen LogP contribution is -2.40. The highest BCUT2D eigenvalue weighted by molar-refractivity contribution is 6.08. The number of hydrogen-bond donors (Lipinski definition) is 2. The second-order valence-electron chi connectivity index (χ2n) is 17.0. The Morgan fingerprint density at radius 2 is 1.89 bits per heavy atom. The van der Waals surface area contributed by atoms with Gasteiger partial charge in [-0.2, -0.15) is 10.2 Å². The van der Waals surface area contributed by atoms with Crippen LogP contribution in [-0.4, -0.2) is 109 Å². The number of aryl methyl sites for hydroxylation is 1. The molecule has 16 nitrogen and oxygen atoms in total. The molecular formula is C45H53F2N11O5. The molecule has 2 amide bonds. The number of amides is 2. The molecule has 4 aromatic heterocycles. The van der Waals surface area contributed by atoms with E-state index in [-0.39, 0.29) is 41.6 Å². The molecule has 5 aromatic rings. The molecular weight excluding hydrogens is 813 g/mol. The molecule has 0 radical (unpaired) electrons. The van der Waals surface area contributed by atoms with Crippen molar-refractivity contribution >= 4 is 40.0 Å². The third-order valence-corrected chi connectivity index (χ3v) is 13.0. The molecule has 3 aliphatic heterocycles. The van der Waals surface area contributed by atoms with Crippen LogP contribution < -0.4 is 21.2 Å². The molecule has 1 aliphatic carbocycles. The lowest BCUT2D eigenvalue weighted by Gasteiger charge is -2.36. The van der Waals surface area contributed by atoms with Crippen LogP contribution in [0.25, 0.3) is 16.7 Å². The molecule has 0 bridgehead atoms. The van der Waals surface area contributed by atoms with E-state index in [9.17, 15) is 23.2 Å². The van der Waals surface area contributed by atoms with Gasteiger partial charge >= 0.3 is 5.69 Å². The lowest BCUT2D eigenvalue weighted by molar-refractivity contribution is -0.124. The van der Waals surface area contributed by atoms with E-state index in [4.69, 9.17) is 14.5 Å². The zero-order chi connectivity index (χ0) is 43.6. The maximum atomic E-state index is 14.3. The number of nitrogens with one attached hydrogen (secondary N) is 2. The molecule has 1 unspecified atom stereocenters. The summed E-state index contributed by atoms with van der Waals surface area (Å²) >= 11 is 0. The van der Waals surface area contributed by atoms with Crippen LogP contribution in [0.15, 0.2) is 59.9 Å². The van der Waals surface area contributed by atoms with Crippen LogP contribution in [0.1, 0.15) is 97.9 Å². The molecule has 4 fully saturated rings. The van der Waals surface area contributed by atoms with Crippen molar-refractivity contribution < 1.29 is 27.8 Å². The Morgan fingerprint density at radius 3 is 2.68 bits per heavy atom. The molecule has 9 rings (SSSR count). The number of piperidine rings is 2. The number of para-hydroxylation sites is 1. The summed E-state index contributed by atoms with van der Waals surface area (Å²) in [5.74, 6) is 6.75. The van der Waals surface area contributed by atoms with Gasteiger partial charge in [-0.1, -0.05) is 24.5 Å². The zero-order valence-corrected chi connectivity index (χ0v) is 35.5. The number of benzene rings is 1. The number of ether oxygens (including phenoxy) is 2. The number of anilines is 2. The van der Waals surface area contributed by atoms with Gasteiger partial charge in [-0.05, 0) is 81.9 Å². The standard InChI is InChI=1S/C45H53F2N11O5/c1-29-9-14-37(44(60)49-29)58-36-8-3-6-31(40(36)53(2)45(58)61)7-4-24-63-33-15-19-54(20-16-33)27-30-10-12-32(13-11-30)57-28-35(39(52-57)41(46)47)50-43(59)34-26-48-56-21-17-38(51-42(34)56)55-18-5-23-62-25-22-55/h3,6,8,17,21,26,28,30,32-33,37,41H,1,5,9-16,18-20,22-25,27H2,2H3,(H,49,60)(H,50,59). The number of hydrogen-bond acceptors (Lipinski definition) is 10. The van der Waals surface area contributed by atoms with Gasteiger partial charge < -0.3 is 29.9 Å². The lowest BCUT2D eigenvalue weighted by atomic mass is 9.85. The van der Waals surface area contributed by atoms with Crippen molar-refractivity contribution in [2.75, 3.05) is 62.8 Å². The third kappa shape index (κ3) is 9.00. The molecule has 2 N–H and O–H groups in total. The van der Waals surface area contributed by atoms with E-state index < -0.39 is 24.1 Å². The molecule has 4 aliphatic rings. The fourth-order valence-corrected chi connectivity index (χ4v) is 9.57. The number of alkyl halides is 2. The number of fused-ring (bicyclic) bond motifs is 2. The Morgan fingerprint density at radius 1 is 1.06 bits per heavy atom. The molecule has 63 heavy (non-hydrogen) atoms. The summed E-state index contributed by atoms with van der Waals surface area (Å²) in [6.07, 6.45) is 9.24. The number of allylic oxidation sites excluding steroid dienone is 1. The first-order chi connectivity index (χ1) is 30.6. The van der Waals surface area contributed by atoms with Crippen LogP contribution in [0.3, 0.4) is 0 Å². The number of likely N-dealkylation sites (tertiary alicyclic amines) is 1. The van der Waals surface area contributed by atoms with Crippen LogP contribution in [-0.2, 0) is 21.3 Å². The van der Waals surface area contributed by atoms with Gasteiger partial charge in [0.25, 0.3) is 12.3 Å². The van der Waals surface area contributed by atoms with Gasteiger partial charge in [0.15, 0.2) is 11.3 Å². The summed E-state index contributed by atoms with van der Waals surface area (Å²) in [5, 5.41) is 14.0. The van der Waals surface area contributed by atoms with E-state index in [1.165, 1.54) is 16.9 Å². The first-order valence-electron chi connectivity index (χ1n) is 22.0. The Bertz CT molecular complexity index is 2620. The van der Waals surface area contributed by atoms with Crippen LogP contribution >= 0.6 is 0 Å². The minimum Gasteiger partial charge on any atom is -0.380 e. The molecule has 3 saturated heterocycles. The molecule has 1 atom stereocenters. The zero-order valence-electron chi connectivity index (χ0n) is 35.5. The van der Waals surface area contributed by atoms with Crippen molar-refractivity contribution in [3.8, 4) is 11.8 Å². The summed E-state index contributed by atoms with van der Waals surface area (Å²) in [4.78, 5) is 48.9. The topological polar surface area (TPSA) is 158 Å². The number of aromatic nitrogens is 7. The van der Waals surface area contributed by atoms with Gasteiger partial charge in [0, 0.05) is 64.5 Å². The Balaban J connectivity index is 0.749. The predicted molar refractivity (Wildman–Crippen MR) is 232 cm³/mol. The third-order valence-electron chi connectivity index (χ3n) is 13.0. The smallest absolute Gasteiger partial charge is 0.329 e. The highest BCUT2D eigenvalue weighted by Crippen LogP contribution is 2.36. The van der Waals surface area contributed by atoms with E-state index in [1.807, 2.05) is 24.3 Å². The molecule has 18 heteroatoms. The largest absolute Gasteiger partial charge is 0.380 e. The summed E-state index contributed by atoms with van der Waals surface area (Å²) < 4.78 is 46.6. The number of rotatable bonds is 10. The monoisotopic (exact) mass is 865 g/mol. The van der Waals surface area contributed by atoms with Gasteiger partial charge in [0.05, 0.1) is 47.2 Å². The highest BCUT2D eigenvalue weighted by Gasteiger charge is 2.31. The van der Waals surface area contributed by atoms with E-state index in [1.54, 1.807) is 27.1 Å². The minimum absolute atomic E-state index is 0.00804. The fraction of sp³-hybridized carbons (Fsp3) is 0.511.